The van der Waals surface area contributed by atoms with E-state index in [9.17, 15) is 9.90 Å². The number of esters is 1. The lowest BCUT2D eigenvalue weighted by molar-refractivity contribution is -0.141. The average Bonchev–Trinajstić information content (AvgIpc) is 3.31. The van der Waals surface area contributed by atoms with Crippen molar-refractivity contribution in [2.45, 2.75) is 57.7 Å². The highest BCUT2D eigenvalue weighted by molar-refractivity contribution is 6.35. The first-order valence-electron chi connectivity index (χ1n) is 11.2. The average molecular weight is 494 g/mol. The van der Waals surface area contributed by atoms with Crippen LogP contribution in [0.1, 0.15) is 55.1 Å². The third-order valence-electron chi connectivity index (χ3n) is 6.33. The molecule has 0 fully saturated rings. The molecule has 33 heavy (non-hydrogen) atoms. The predicted octanol–water partition coefficient (Wildman–Crippen LogP) is 4.90. The number of fused-ring (bicyclic) bond motifs is 2. The van der Waals surface area contributed by atoms with Crippen molar-refractivity contribution in [1.29, 1.82) is 0 Å². The molecule has 1 aliphatic heterocycles. The number of carbonyl (C=O) groups excluding carboxylic acids is 1. The highest BCUT2D eigenvalue weighted by atomic mass is 35.5. The molecule has 1 unspecified atom stereocenters. The Bertz CT molecular complexity index is 1180. The molecule has 1 N–H and O–H groups in total. The number of hydrogen-bond acceptors (Lipinski definition) is 5. The van der Waals surface area contributed by atoms with Gasteiger partial charge in [0.05, 0.1) is 34.4 Å². The second kappa shape index (κ2) is 10.1. The molecular formula is C24H29Cl2N3O4. The molecule has 0 aliphatic carbocycles. The summed E-state index contributed by atoms with van der Waals surface area (Å²) >= 11 is 13.2. The molecule has 1 atom stereocenters. The van der Waals surface area contributed by atoms with Crippen LogP contribution in [0.2, 0.25) is 5.02 Å². The summed E-state index contributed by atoms with van der Waals surface area (Å²) in [6.07, 6.45) is 3.22. The van der Waals surface area contributed by atoms with E-state index >= 15 is 0 Å². The van der Waals surface area contributed by atoms with Crippen molar-refractivity contribution in [3.8, 4) is 11.1 Å². The summed E-state index contributed by atoms with van der Waals surface area (Å²) in [6, 6.07) is 3.87. The van der Waals surface area contributed by atoms with E-state index in [1.165, 1.54) is 14.0 Å². The molecule has 2 aromatic heterocycles. The number of nitrogens with zero attached hydrogens (tertiary/aromatic N) is 3. The number of rotatable bonds is 8. The maximum absolute atomic E-state index is 11.2. The van der Waals surface area contributed by atoms with Crippen LogP contribution in [-0.2, 0) is 46.6 Å². The van der Waals surface area contributed by atoms with Gasteiger partial charge in [-0.05, 0) is 43.7 Å². The molecule has 0 saturated carbocycles. The van der Waals surface area contributed by atoms with Crippen LogP contribution in [0.3, 0.4) is 0 Å². The standard InChI is InChI=1S/C24H29Cl2N3O4/c1-14(30)33-12-6-7-15-16-9-10-17(26)20(22(16)28(2)23(15)24(31)32-3)21-18(13-25)27-29-11-5-4-8-19(21)29/h9-10,24,31H,4-8,11-13H2,1-3H3. The fourth-order valence-electron chi connectivity index (χ4n) is 4.94. The first-order chi connectivity index (χ1) is 15.9. The fraction of sp³-hybridized carbons (Fsp3) is 0.500. The van der Waals surface area contributed by atoms with Gasteiger partial charge in [-0.25, -0.2) is 0 Å². The van der Waals surface area contributed by atoms with E-state index in [0.717, 1.165) is 64.8 Å². The molecule has 9 heteroatoms. The lowest BCUT2D eigenvalue weighted by atomic mass is 9.95. The Balaban J connectivity index is 1.94. The van der Waals surface area contributed by atoms with Gasteiger partial charge in [-0.15, -0.1) is 11.6 Å². The zero-order valence-electron chi connectivity index (χ0n) is 19.2. The minimum atomic E-state index is -1.11. The minimum Gasteiger partial charge on any atom is -0.466 e. The fourth-order valence-corrected chi connectivity index (χ4v) is 5.37. The molecule has 178 valence electrons. The summed E-state index contributed by atoms with van der Waals surface area (Å²) in [5, 5.41) is 17.1. The van der Waals surface area contributed by atoms with Gasteiger partial charge in [-0.1, -0.05) is 17.7 Å². The Labute approximate surface area is 203 Å². The van der Waals surface area contributed by atoms with Crippen molar-refractivity contribution < 1.29 is 19.4 Å². The van der Waals surface area contributed by atoms with Gasteiger partial charge in [0.15, 0.2) is 6.29 Å². The molecule has 7 nitrogen and oxygen atoms in total. The molecule has 0 spiro atoms. The van der Waals surface area contributed by atoms with Crippen LogP contribution in [0.4, 0.5) is 0 Å². The van der Waals surface area contributed by atoms with E-state index in [2.05, 4.69) is 4.68 Å². The van der Waals surface area contributed by atoms with E-state index in [0.29, 0.717) is 30.2 Å². The van der Waals surface area contributed by atoms with Gasteiger partial charge in [0.1, 0.15) is 0 Å². The summed E-state index contributed by atoms with van der Waals surface area (Å²) < 4.78 is 14.4. The first kappa shape index (κ1) is 24.1. The van der Waals surface area contributed by atoms with Crippen LogP contribution in [-0.4, -0.2) is 39.1 Å². The SMILES string of the molecule is COC(O)c1c(CCCOC(C)=O)c2ccc(Cl)c(-c3c(CCl)nn4c3CCCC4)c2n1C. The summed E-state index contributed by atoms with van der Waals surface area (Å²) in [7, 11) is 3.38. The van der Waals surface area contributed by atoms with E-state index in [1.807, 2.05) is 23.7 Å². The van der Waals surface area contributed by atoms with Gasteiger partial charge in [0.25, 0.3) is 0 Å². The zero-order chi connectivity index (χ0) is 23.7. The summed E-state index contributed by atoms with van der Waals surface area (Å²) in [4.78, 5) is 11.2. The molecule has 3 aromatic rings. The monoisotopic (exact) mass is 493 g/mol. The van der Waals surface area contributed by atoms with Gasteiger partial charge in [0.2, 0.25) is 0 Å². The topological polar surface area (TPSA) is 78.5 Å². The number of alkyl halides is 1. The number of hydrogen-bond donors (Lipinski definition) is 1. The number of aromatic nitrogens is 3. The minimum absolute atomic E-state index is 0.287. The van der Waals surface area contributed by atoms with Crippen molar-refractivity contribution in [2.75, 3.05) is 13.7 Å². The Morgan fingerprint density at radius 1 is 1.30 bits per heavy atom. The van der Waals surface area contributed by atoms with Gasteiger partial charge < -0.3 is 19.1 Å². The maximum Gasteiger partial charge on any atom is 0.302 e. The molecule has 4 rings (SSSR count). The third kappa shape index (κ3) is 4.39. The number of carbonyl (C=O) groups is 1. The van der Waals surface area contributed by atoms with E-state index in [4.69, 9.17) is 37.8 Å². The van der Waals surface area contributed by atoms with Crippen molar-refractivity contribution in [3.63, 3.8) is 0 Å². The molecule has 1 aromatic carbocycles. The highest BCUT2D eigenvalue weighted by Crippen LogP contribution is 2.44. The molecule has 0 saturated heterocycles. The van der Waals surface area contributed by atoms with Crippen LogP contribution in [0.25, 0.3) is 22.0 Å². The van der Waals surface area contributed by atoms with Crippen molar-refractivity contribution in [2.24, 2.45) is 7.05 Å². The van der Waals surface area contributed by atoms with Crippen LogP contribution in [0, 0.1) is 0 Å². The number of ether oxygens (including phenoxy) is 2. The lowest BCUT2D eigenvalue weighted by Crippen LogP contribution is -2.11. The van der Waals surface area contributed by atoms with Crippen LogP contribution in [0.15, 0.2) is 12.1 Å². The van der Waals surface area contributed by atoms with Crippen LogP contribution >= 0.6 is 23.2 Å². The Morgan fingerprint density at radius 3 is 2.79 bits per heavy atom. The molecule has 0 amide bonds. The van der Waals surface area contributed by atoms with Crippen molar-refractivity contribution in [1.82, 2.24) is 14.3 Å². The molecule has 1 aliphatic rings. The molecule has 0 radical (unpaired) electrons. The van der Waals surface area contributed by atoms with Crippen molar-refractivity contribution >= 4 is 40.1 Å². The number of aryl methyl sites for hydroxylation is 3. The van der Waals surface area contributed by atoms with E-state index in [1.54, 1.807) is 0 Å². The quantitative estimate of drug-likeness (QED) is 0.209. The highest BCUT2D eigenvalue weighted by Gasteiger charge is 2.29. The van der Waals surface area contributed by atoms with Crippen LogP contribution < -0.4 is 0 Å². The smallest absolute Gasteiger partial charge is 0.302 e. The first-order valence-corrected chi connectivity index (χ1v) is 12.1. The number of methoxy groups -OCH3 is 1. The van der Waals surface area contributed by atoms with Gasteiger partial charge >= 0.3 is 5.97 Å². The van der Waals surface area contributed by atoms with E-state index < -0.39 is 6.29 Å². The zero-order valence-corrected chi connectivity index (χ0v) is 20.7. The van der Waals surface area contributed by atoms with Crippen LogP contribution in [0.5, 0.6) is 0 Å². The Hall–Kier alpha value is -2.06. The molecule has 3 heterocycles. The lowest BCUT2D eigenvalue weighted by Gasteiger charge is -2.17. The van der Waals surface area contributed by atoms with Crippen molar-refractivity contribution in [3.05, 3.63) is 39.8 Å². The molecular weight excluding hydrogens is 465 g/mol. The van der Waals surface area contributed by atoms with Gasteiger partial charge in [0, 0.05) is 49.8 Å². The number of aliphatic hydroxyl groups excluding tert-OH is 1. The normalized spacial score (nSPS) is 14.5. The van der Waals surface area contributed by atoms with E-state index in [-0.39, 0.29) is 11.8 Å². The summed E-state index contributed by atoms with van der Waals surface area (Å²) in [5.41, 5.74) is 6.35. The second-order valence-corrected chi connectivity index (χ2v) is 9.03. The Kier molecular flexibility index (Phi) is 7.34. The summed E-state index contributed by atoms with van der Waals surface area (Å²) in [5.74, 6) is -0.0198. The molecule has 0 bridgehead atoms. The largest absolute Gasteiger partial charge is 0.466 e. The Morgan fingerprint density at radius 2 is 2.09 bits per heavy atom. The summed E-state index contributed by atoms with van der Waals surface area (Å²) in [6.45, 7) is 2.57. The predicted molar refractivity (Wildman–Crippen MR) is 129 cm³/mol. The third-order valence-corrected chi connectivity index (χ3v) is 6.90. The van der Waals surface area contributed by atoms with Gasteiger partial charge in [-0.2, -0.15) is 5.10 Å². The number of aliphatic hydroxyl groups is 1. The van der Waals surface area contributed by atoms with Gasteiger partial charge in [-0.3, -0.25) is 9.48 Å². The maximum atomic E-state index is 11.2. The number of halogens is 2. The second-order valence-electron chi connectivity index (χ2n) is 8.36. The number of benzene rings is 1.